The van der Waals surface area contributed by atoms with Gasteiger partial charge in [-0.15, -0.1) is 0 Å². The molecular weight excluding hydrogens is 496 g/mol. The fourth-order valence-electron chi connectivity index (χ4n) is 3.76. The van der Waals surface area contributed by atoms with E-state index in [9.17, 15) is 19.7 Å². The normalized spacial score (nSPS) is 10.8. The summed E-state index contributed by atoms with van der Waals surface area (Å²) in [5.41, 5.74) is 2.00. The van der Waals surface area contributed by atoms with Gasteiger partial charge in [0.1, 0.15) is 17.2 Å². The Hall–Kier alpha value is -4.38. The molecule has 0 unspecified atom stereocenters. The number of hydrogen-bond acceptors (Lipinski definition) is 8. The molecular formula is C26H24N4O6S. The van der Waals surface area contributed by atoms with Crippen LogP contribution in [-0.2, 0) is 4.79 Å². The number of thioether (sulfide) groups is 1. The number of anilines is 1. The first-order valence-electron chi connectivity index (χ1n) is 11.2. The molecule has 1 N–H and O–H groups in total. The van der Waals surface area contributed by atoms with Crippen molar-refractivity contribution in [3.8, 4) is 17.2 Å². The number of rotatable bonds is 8. The van der Waals surface area contributed by atoms with Crippen molar-refractivity contribution in [2.45, 2.75) is 19.0 Å². The number of para-hydroxylation sites is 1. The van der Waals surface area contributed by atoms with Crippen LogP contribution in [0.15, 0.2) is 64.5 Å². The van der Waals surface area contributed by atoms with Crippen LogP contribution < -0.4 is 20.3 Å². The first kappa shape index (κ1) is 25.7. The van der Waals surface area contributed by atoms with E-state index in [2.05, 4.69) is 10.3 Å². The first-order valence-corrected chi connectivity index (χ1v) is 12.1. The maximum atomic E-state index is 13.6. The molecule has 1 amide bonds. The fourth-order valence-corrected chi connectivity index (χ4v) is 4.57. The number of nitro benzene ring substituents is 1. The van der Waals surface area contributed by atoms with E-state index < -0.39 is 10.8 Å². The molecule has 0 saturated carbocycles. The third-order valence-corrected chi connectivity index (χ3v) is 6.73. The summed E-state index contributed by atoms with van der Waals surface area (Å²) in [4.78, 5) is 42.0. The van der Waals surface area contributed by atoms with Gasteiger partial charge in [-0.1, -0.05) is 23.9 Å². The summed E-state index contributed by atoms with van der Waals surface area (Å²) in [6.07, 6.45) is 0. The minimum atomic E-state index is -0.535. The van der Waals surface area contributed by atoms with E-state index in [0.29, 0.717) is 28.1 Å². The number of ether oxygens (including phenoxy) is 2. The van der Waals surface area contributed by atoms with Gasteiger partial charge >= 0.3 is 0 Å². The van der Waals surface area contributed by atoms with Crippen molar-refractivity contribution in [2.24, 2.45) is 0 Å². The van der Waals surface area contributed by atoms with Gasteiger partial charge in [-0.05, 0) is 55.3 Å². The molecule has 0 aliphatic heterocycles. The second-order valence-electron chi connectivity index (χ2n) is 8.14. The summed E-state index contributed by atoms with van der Waals surface area (Å²) in [6, 6.07) is 14.9. The molecule has 1 aromatic heterocycles. The number of nitrogens with one attached hydrogen (secondary N) is 1. The topological polar surface area (TPSA) is 126 Å². The lowest BCUT2D eigenvalue weighted by atomic mass is 10.1. The number of aryl methyl sites for hydroxylation is 2. The molecule has 0 aliphatic carbocycles. The Morgan fingerprint density at radius 3 is 2.51 bits per heavy atom. The van der Waals surface area contributed by atoms with Crippen molar-refractivity contribution in [3.63, 3.8) is 0 Å². The molecule has 37 heavy (non-hydrogen) atoms. The predicted molar refractivity (Wildman–Crippen MR) is 142 cm³/mol. The Kier molecular flexibility index (Phi) is 7.44. The zero-order chi connectivity index (χ0) is 26.7. The minimum Gasteiger partial charge on any atom is -0.497 e. The Bertz CT molecular complexity index is 1580. The van der Waals surface area contributed by atoms with Gasteiger partial charge < -0.3 is 14.8 Å². The number of amides is 1. The molecule has 0 fully saturated rings. The molecule has 0 aliphatic rings. The number of benzene rings is 3. The van der Waals surface area contributed by atoms with E-state index in [1.165, 1.54) is 24.9 Å². The van der Waals surface area contributed by atoms with E-state index >= 15 is 0 Å². The van der Waals surface area contributed by atoms with Crippen molar-refractivity contribution < 1.29 is 19.2 Å². The number of nitro groups is 1. The van der Waals surface area contributed by atoms with Gasteiger partial charge in [-0.25, -0.2) is 4.98 Å². The summed E-state index contributed by atoms with van der Waals surface area (Å²) in [7, 11) is 3.00. The van der Waals surface area contributed by atoms with Gasteiger partial charge in [0.25, 0.3) is 11.2 Å². The fraction of sp³-hybridized carbons (Fsp3) is 0.192. The molecule has 0 bridgehead atoms. The summed E-state index contributed by atoms with van der Waals surface area (Å²) in [5, 5.41) is 14.8. The van der Waals surface area contributed by atoms with Gasteiger partial charge in [-0.2, -0.15) is 0 Å². The van der Waals surface area contributed by atoms with E-state index in [1.807, 2.05) is 6.92 Å². The Morgan fingerprint density at radius 2 is 1.81 bits per heavy atom. The number of methoxy groups -OCH3 is 2. The SMILES string of the molecule is COc1ccc(OC)c(-n2c(SCC(=O)Nc3cc(C)c(C)cc3[N+](=O)[O-])nc3ccccc3c2=O)c1. The molecule has 190 valence electrons. The van der Waals surface area contributed by atoms with Crippen LogP contribution in [0.1, 0.15) is 11.1 Å². The largest absolute Gasteiger partial charge is 0.497 e. The second-order valence-corrected chi connectivity index (χ2v) is 9.08. The minimum absolute atomic E-state index is 0.108. The van der Waals surface area contributed by atoms with Crippen LogP contribution in [0.25, 0.3) is 16.6 Å². The van der Waals surface area contributed by atoms with Gasteiger partial charge in [0.2, 0.25) is 5.91 Å². The number of hydrogen-bond donors (Lipinski definition) is 1. The first-order chi connectivity index (χ1) is 17.7. The third kappa shape index (κ3) is 5.26. The number of carbonyl (C=O) groups is 1. The van der Waals surface area contributed by atoms with Gasteiger partial charge in [0.05, 0.1) is 41.5 Å². The average Bonchev–Trinajstić information content (AvgIpc) is 2.89. The summed E-state index contributed by atoms with van der Waals surface area (Å²) < 4.78 is 12.2. The van der Waals surface area contributed by atoms with Crippen LogP contribution in [-0.4, -0.2) is 40.4 Å². The van der Waals surface area contributed by atoms with E-state index in [4.69, 9.17) is 9.47 Å². The molecule has 0 spiro atoms. The quantitative estimate of drug-likeness (QED) is 0.154. The highest BCUT2D eigenvalue weighted by Crippen LogP contribution is 2.31. The Labute approximate surface area is 216 Å². The van der Waals surface area contributed by atoms with Crippen LogP contribution in [0.3, 0.4) is 0 Å². The summed E-state index contributed by atoms with van der Waals surface area (Å²) >= 11 is 1.03. The maximum absolute atomic E-state index is 13.6. The summed E-state index contributed by atoms with van der Waals surface area (Å²) in [5.74, 6) is 0.285. The highest BCUT2D eigenvalue weighted by molar-refractivity contribution is 7.99. The molecule has 4 aromatic rings. The lowest BCUT2D eigenvalue weighted by Gasteiger charge is -2.16. The Morgan fingerprint density at radius 1 is 1.08 bits per heavy atom. The lowest BCUT2D eigenvalue weighted by Crippen LogP contribution is -2.23. The zero-order valence-corrected chi connectivity index (χ0v) is 21.4. The third-order valence-electron chi connectivity index (χ3n) is 5.79. The number of nitrogens with zero attached hydrogens (tertiary/aromatic N) is 3. The van der Waals surface area contributed by atoms with Gasteiger partial charge in [0.15, 0.2) is 5.16 Å². The molecule has 11 heteroatoms. The molecule has 4 rings (SSSR count). The summed E-state index contributed by atoms with van der Waals surface area (Å²) in [6.45, 7) is 3.57. The van der Waals surface area contributed by atoms with Crippen LogP contribution in [0.4, 0.5) is 11.4 Å². The van der Waals surface area contributed by atoms with Crippen molar-refractivity contribution in [1.29, 1.82) is 0 Å². The molecule has 10 nitrogen and oxygen atoms in total. The average molecular weight is 521 g/mol. The lowest BCUT2D eigenvalue weighted by molar-refractivity contribution is -0.384. The van der Waals surface area contributed by atoms with E-state index in [-0.39, 0.29) is 27.8 Å². The van der Waals surface area contributed by atoms with Gasteiger partial charge in [-0.3, -0.25) is 24.3 Å². The highest BCUT2D eigenvalue weighted by Gasteiger charge is 2.21. The zero-order valence-electron chi connectivity index (χ0n) is 20.6. The maximum Gasteiger partial charge on any atom is 0.293 e. The highest BCUT2D eigenvalue weighted by atomic mass is 32.2. The van der Waals surface area contributed by atoms with Crippen molar-refractivity contribution in [3.05, 3.63) is 86.2 Å². The van der Waals surface area contributed by atoms with Crippen LogP contribution in [0.2, 0.25) is 0 Å². The number of fused-ring (bicyclic) bond motifs is 1. The van der Waals surface area contributed by atoms with Crippen LogP contribution >= 0.6 is 11.8 Å². The molecule has 3 aromatic carbocycles. The molecule has 0 saturated heterocycles. The molecule has 0 radical (unpaired) electrons. The standard InChI is InChI=1S/C26H24N4O6S/c1-15-11-20(21(30(33)34)12-16(15)2)27-24(31)14-37-26-28-19-8-6-5-7-18(19)25(32)29(26)22-13-17(35-3)9-10-23(22)36-4/h5-13H,14H2,1-4H3,(H,27,31). The Balaban J connectivity index is 1.73. The van der Waals surface area contributed by atoms with Crippen LogP contribution in [0.5, 0.6) is 11.5 Å². The monoisotopic (exact) mass is 520 g/mol. The number of carbonyl (C=O) groups excluding carboxylic acids is 1. The van der Waals surface area contributed by atoms with Crippen molar-refractivity contribution >= 4 is 39.9 Å². The number of aromatic nitrogens is 2. The van der Waals surface area contributed by atoms with Crippen LogP contribution in [0, 0.1) is 24.0 Å². The van der Waals surface area contributed by atoms with E-state index in [0.717, 1.165) is 22.9 Å². The van der Waals surface area contributed by atoms with Crippen molar-refractivity contribution in [2.75, 3.05) is 25.3 Å². The smallest absolute Gasteiger partial charge is 0.293 e. The second kappa shape index (κ2) is 10.7. The van der Waals surface area contributed by atoms with Gasteiger partial charge in [0, 0.05) is 12.1 Å². The molecule has 1 heterocycles. The van der Waals surface area contributed by atoms with Crippen molar-refractivity contribution in [1.82, 2.24) is 9.55 Å². The predicted octanol–water partition coefficient (Wildman–Crippen LogP) is 4.66. The molecule has 0 atom stereocenters. The van der Waals surface area contributed by atoms with E-state index in [1.54, 1.807) is 55.5 Å².